The number of aromatic nitrogens is 2. The summed E-state index contributed by atoms with van der Waals surface area (Å²) in [5, 5.41) is 15.7. The Bertz CT molecular complexity index is 449. The van der Waals surface area contributed by atoms with Crippen LogP contribution in [0.3, 0.4) is 0 Å². The van der Waals surface area contributed by atoms with Crippen LogP contribution in [0.1, 0.15) is 29.8 Å². The number of rotatable bonds is 4. The number of nitrogens with zero attached hydrogens (tertiary/aromatic N) is 2. The third-order valence-electron chi connectivity index (χ3n) is 3.41. The van der Waals surface area contributed by atoms with Gasteiger partial charge >= 0.3 is 5.97 Å². The van der Waals surface area contributed by atoms with Crippen LogP contribution < -0.4 is 5.32 Å². The predicted octanol–water partition coefficient (Wildman–Crippen LogP) is 0.405. The van der Waals surface area contributed by atoms with Crippen LogP contribution in [0.2, 0.25) is 0 Å². The molecule has 2 N–H and O–H groups in total. The summed E-state index contributed by atoms with van der Waals surface area (Å²) in [6.07, 6.45) is 3.71. The molecule has 1 aromatic rings. The SMILES string of the molecule is Cn1nccc1C(=O)NCC1(C(=O)O)CCC1. The van der Waals surface area contributed by atoms with Crippen LogP contribution in [0.15, 0.2) is 12.3 Å². The highest BCUT2D eigenvalue weighted by molar-refractivity contribution is 5.92. The minimum atomic E-state index is -0.825. The molecule has 6 heteroatoms. The zero-order valence-corrected chi connectivity index (χ0v) is 9.64. The summed E-state index contributed by atoms with van der Waals surface area (Å²) in [7, 11) is 1.67. The molecule has 1 fully saturated rings. The summed E-state index contributed by atoms with van der Waals surface area (Å²) in [5.74, 6) is -1.11. The maximum Gasteiger partial charge on any atom is 0.311 e. The second-order valence-electron chi connectivity index (χ2n) is 4.46. The molecule has 0 bridgehead atoms. The van der Waals surface area contributed by atoms with Crippen LogP contribution in [0.4, 0.5) is 0 Å². The number of aliphatic carboxylic acids is 1. The van der Waals surface area contributed by atoms with Crippen molar-refractivity contribution in [3.8, 4) is 0 Å². The zero-order valence-electron chi connectivity index (χ0n) is 9.64. The first-order chi connectivity index (χ1) is 8.05. The van der Waals surface area contributed by atoms with Crippen molar-refractivity contribution in [2.24, 2.45) is 12.5 Å². The van der Waals surface area contributed by atoms with Crippen molar-refractivity contribution in [2.45, 2.75) is 19.3 Å². The molecule has 2 rings (SSSR count). The van der Waals surface area contributed by atoms with Gasteiger partial charge in [-0.3, -0.25) is 14.3 Å². The average Bonchev–Trinajstić information content (AvgIpc) is 2.62. The van der Waals surface area contributed by atoms with E-state index in [1.807, 2.05) is 0 Å². The molecule has 1 aliphatic rings. The van der Waals surface area contributed by atoms with Gasteiger partial charge in [0.15, 0.2) is 0 Å². The van der Waals surface area contributed by atoms with Crippen molar-refractivity contribution in [3.63, 3.8) is 0 Å². The Kier molecular flexibility index (Phi) is 2.87. The van der Waals surface area contributed by atoms with Gasteiger partial charge in [0, 0.05) is 19.8 Å². The third-order valence-corrected chi connectivity index (χ3v) is 3.41. The summed E-state index contributed by atoms with van der Waals surface area (Å²) in [4.78, 5) is 22.9. The summed E-state index contributed by atoms with van der Waals surface area (Å²) >= 11 is 0. The Morgan fingerprint density at radius 1 is 1.59 bits per heavy atom. The molecule has 1 amide bonds. The lowest BCUT2D eigenvalue weighted by Gasteiger charge is -2.37. The smallest absolute Gasteiger partial charge is 0.311 e. The largest absolute Gasteiger partial charge is 0.481 e. The van der Waals surface area contributed by atoms with Crippen molar-refractivity contribution in [2.75, 3.05) is 6.54 Å². The molecule has 0 aromatic carbocycles. The van der Waals surface area contributed by atoms with Crippen LogP contribution >= 0.6 is 0 Å². The molecule has 6 nitrogen and oxygen atoms in total. The van der Waals surface area contributed by atoms with Gasteiger partial charge < -0.3 is 10.4 Å². The van der Waals surface area contributed by atoms with Gasteiger partial charge in [-0.2, -0.15) is 5.10 Å². The maximum atomic E-state index is 11.8. The van der Waals surface area contributed by atoms with Gasteiger partial charge in [-0.25, -0.2) is 0 Å². The number of carboxylic acids is 1. The Hall–Kier alpha value is -1.85. The molecule has 0 atom stereocenters. The fourth-order valence-electron chi connectivity index (χ4n) is 2.01. The van der Waals surface area contributed by atoms with Crippen LogP contribution in [0, 0.1) is 5.41 Å². The van der Waals surface area contributed by atoms with Crippen LogP contribution in [0.5, 0.6) is 0 Å². The summed E-state index contributed by atoms with van der Waals surface area (Å²) in [6, 6.07) is 1.60. The highest BCUT2D eigenvalue weighted by Gasteiger charge is 2.44. The number of hydrogen-bond acceptors (Lipinski definition) is 3. The van der Waals surface area contributed by atoms with E-state index in [0.29, 0.717) is 18.5 Å². The van der Waals surface area contributed by atoms with E-state index in [2.05, 4.69) is 10.4 Å². The second-order valence-corrected chi connectivity index (χ2v) is 4.46. The molecule has 0 radical (unpaired) electrons. The number of hydrogen-bond donors (Lipinski definition) is 2. The molecule has 0 aliphatic heterocycles. The van der Waals surface area contributed by atoms with Crippen LogP contribution in [-0.4, -0.2) is 33.3 Å². The fraction of sp³-hybridized carbons (Fsp3) is 0.545. The van der Waals surface area contributed by atoms with Crippen molar-refractivity contribution in [1.29, 1.82) is 0 Å². The van der Waals surface area contributed by atoms with Crippen molar-refractivity contribution in [3.05, 3.63) is 18.0 Å². The van der Waals surface area contributed by atoms with Crippen LogP contribution in [0.25, 0.3) is 0 Å². The molecule has 1 heterocycles. The second kappa shape index (κ2) is 4.20. The molecule has 0 unspecified atom stereocenters. The first-order valence-electron chi connectivity index (χ1n) is 5.55. The van der Waals surface area contributed by atoms with E-state index in [1.54, 1.807) is 13.1 Å². The molecular formula is C11H15N3O3. The van der Waals surface area contributed by atoms with Gasteiger partial charge in [-0.05, 0) is 18.9 Å². The number of aryl methyl sites for hydroxylation is 1. The normalized spacial score (nSPS) is 17.2. The van der Waals surface area contributed by atoms with E-state index in [1.165, 1.54) is 10.9 Å². The van der Waals surface area contributed by atoms with Gasteiger partial charge in [0.2, 0.25) is 0 Å². The third kappa shape index (κ3) is 2.02. The molecule has 17 heavy (non-hydrogen) atoms. The van der Waals surface area contributed by atoms with Gasteiger partial charge in [-0.15, -0.1) is 0 Å². The van der Waals surface area contributed by atoms with E-state index < -0.39 is 11.4 Å². The van der Waals surface area contributed by atoms with Crippen molar-refractivity contribution in [1.82, 2.24) is 15.1 Å². The Morgan fingerprint density at radius 3 is 2.71 bits per heavy atom. The summed E-state index contributed by atoms with van der Waals surface area (Å²) < 4.78 is 1.46. The lowest BCUT2D eigenvalue weighted by molar-refractivity contribution is -0.153. The molecule has 1 aromatic heterocycles. The topological polar surface area (TPSA) is 84.2 Å². The first kappa shape index (κ1) is 11.6. The molecule has 0 saturated heterocycles. The van der Waals surface area contributed by atoms with E-state index in [0.717, 1.165) is 6.42 Å². The lowest BCUT2D eigenvalue weighted by Crippen LogP contribution is -2.47. The molecule has 0 spiro atoms. The first-order valence-corrected chi connectivity index (χ1v) is 5.55. The van der Waals surface area contributed by atoms with Crippen molar-refractivity contribution < 1.29 is 14.7 Å². The molecule has 1 saturated carbocycles. The zero-order chi connectivity index (χ0) is 12.5. The van der Waals surface area contributed by atoms with Crippen LogP contribution in [-0.2, 0) is 11.8 Å². The fourth-order valence-corrected chi connectivity index (χ4v) is 2.01. The van der Waals surface area contributed by atoms with E-state index in [4.69, 9.17) is 5.11 Å². The van der Waals surface area contributed by atoms with E-state index in [9.17, 15) is 9.59 Å². The van der Waals surface area contributed by atoms with E-state index >= 15 is 0 Å². The highest BCUT2D eigenvalue weighted by Crippen LogP contribution is 2.40. The van der Waals surface area contributed by atoms with Crippen molar-refractivity contribution >= 4 is 11.9 Å². The van der Waals surface area contributed by atoms with Gasteiger partial charge in [0.25, 0.3) is 5.91 Å². The molecule has 1 aliphatic carbocycles. The Morgan fingerprint density at radius 2 is 2.29 bits per heavy atom. The standard InChI is InChI=1S/C11H15N3O3/c1-14-8(3-6-13-14)9(15)12-7-11(10(16)17)4-2-5-11/h3,6H,2,4-5,7H2,1H3,(H,12,15)(H,16,17). The predicted molar refractivity (Wildman–Crippen MR) is 59.5 cm³/mol. The van der Waals surface area contributed by atoms with E-state index in [-0.39, 0.29) is 12.5 Å². The molecular weight excluding hydrogens is 222 g/mol. The highest BCUT2D eigenvalue weighted by atomic mass is 16.4. The Labute approximate surface area is 98.6 Å². The van der Waals surface area contributed by atoms with Gasteiger partial charge in [0.1, 0.15) is 5.69 Å². The quantitative estimate of drug-likeness (QED) is 0.794. The number of nitrogens with one attached hydrogen (secondary N) is 1. The molecule has 92 valence electrons. The van der Waals surface area contributed by atoms with Gasteiger partial charge in [-0.1, -0.05) is 6.42 Å². The lowest BCUT2D eigenvalue weighted by atomic mass is 9.69. The maximum absolute atomic E-state index is 11.8. The minimum Gasteiger partial charge on any atom is -0.481 e. The monoisotopic (exact) mass is 237 g/mol. The summed E-state index contributed by atoms with van der Waals surface area (Å²) in [6.45, 7) is 0.187. The average molecular weight is 237 g/mol. The number of carbonyl (C=O) groups excluding carboxylic acids is 1. The number of carbonyl (C=O) groups is 2. The van der Waals surface area contributed by atoms with Gasteiger partial charge in [0.05, 0.1) is 5.41 Å². The number of amides is 1. The summed E-state index contributed by atoms with van der Waals surface area (Å²) in [5.41, 5.74) is -0.321. The Balaban J connectivity index is 1.97. The minimum absolute atomic E-state index is 0.187. The number of carboxylic acid groups (broad SMARTS) is 1.